The van der Waals surface area contributed by atoms with Crippen LogP contribution in [-0.4, -0.2) is 4.98 Å². The zero-order chi connectivity index (χ0) is 10.2. The third-order valence-corrected chi connectivity index (χ3v) is 1.57. The largest absolute Gasteiger partial charge is 0.261 e. The monoisotopic (exact) mass is 189 g/mol. The van der Waals surface area contributed by atoms with Crippen LogP contribution in [0.5, 0.6) is 0 Å². The minimum atomic E-state index is 0.174. The number of pyridine rings is 1. The maximum atomic E-state index is 8.15. The molecule has 0 bridgehead atoms. The first kappa shape index (κ1) is 9.85. The van der Waals surface area contributed by atoms with Gasteiger partial charge in [-0.2, -0.15) is 0 Å². The van der Waals surface area contributed by atoms with E-state index in [2.05, 4.69) is 25.0 Å². The van der Waals surface area contributed by atoms with Crippen molar-refractivity contribution in [2.45, 2.75) is 13.1 Å². The Hall–Kier alpha value is -2.23. The first-order valence-corrected chi connectivity index (χ1v) is 3.83. The van der Waals surface area contributed by atoms with Gasteiger partial charge in [0.05, 0.1) is 13.1 Å². The van der Waals surface area contributed by atoms with E-state index in [-0.39, 0.29) is 13.1 Å². The molecule has 0 N–H and O–H groups in total. The predicted molar refractivity (Wildman–Crippen MR) is 49.9 cm³/mol. The summed E-state index contributed by atoms with van der Waals surface area (Å²) >= 11 is 0. The minimum Gasteiger partial charge on any atom is -0.261 e. The van der Waals surface area contributed by atoms with E-state index in [1.165, 1.54) is 0 Å². The molecular formula is C7H7N7. The van der Waals surface area contributed by atoms with Crippen molar-refractivity contribution in [3.8, 4) is 0 Å². The average molecular weight is 189 g/mol. The topological polar surface area (TPSA) is 110 Å². The average Bonchev–Trinajstić information content (AvgIpc) is 2.24. The van der Waals surface area contributed by atoms with E-state index in [0.717, 1.165) is 5.56 Å². The molecule has 14 heavy (non-hydrogen) atoms. The van der Waals surface area contributed by atoms with Crippen molar-refractivity contribution < 1.29 is 0 Å². The van der Waals surface area contributed by atoms with Crippen LogP contribution in [0, 0.1) is 0 Å². The van der Waals surface area contributed by atoms with Gasteiger partial charge in [0.25, 0.3) is 0 Å². The van der Waals surface area contributed by atoms with Crippen LogP contribution in [0.15, 0.2) is 28.6 Å². The van der Waals surface area contributed by atoms with E-state index < -0.39 is 0 Å². The van der Waals surface area contributed by atoms with Crippen LogP contribution in [0.2, 0.25) is 0 Å². The molecule has 7 nitrogen and oxygen atoms in total. The Kier molecular flexibility index (Phi) is 3.82. The molecule has 0 aliphatic carbocycles. The van der Waals surface area contributed by atoms with Gasteiger partial charge in [0.15, 0.2) is 0 Å². The maximum Gasteiger partial charge on any atom is 0.0687 e. The fourth-order valence-corrected chi connectivity index (χ4v) is 0.964. The molecule has 7 heteroatoms. The number of nitrogens with zero attached hydrogens (tertiary/aromatic N) is 7. The van der Waals surface area contributed by atoms with Gasteiger partial charge in [0.1, 0.15) is 0 Å². The second kappa shape index (κ2) is 5.42. The zero-order valence-corrected chi connectivity index (χ0v) is 7.28. The van der Waals surface area contributed by atoms with Crippen LogP contribution in [0.3, 0.4) is 0 Å². The van der Waals surface area contributed by atoms with Crippen LogP contribution in [-0.2, 0) is 13.1 Å². The highest BCUT2D eigenvalue weighted by Crippen LogP contribution is 2.08. The Bertz CT molecular complexity index is 361. The summed E-state index contributed by atoms with van der Waals surface area (Å²) in [6, 6.07) is 3.52. The highest BCUT2D eigenvalue weighted by molar-refractivity contribution is 5.19. The summed E-state index contributed by atoms with van der Waals surface area (Å²) in [5.74, 6) is 0. The SMILES string of the molecule is [N-]=[N+]=NCc1cccnc1CN=[N+]=[N-]. The van der Waals surface area contributed by atoms with Crippen molar-refractivity contribution in [3.63, 3.8) is 0 Å². The van der Waals surface area contributed by atoms with Crippen molar-refractivity contribution in [2.75, 3.05) is 0 Å². The van der Waals surface area contributed by atoms with Crippen LogP contribution < -0.4 is 0 Å². The van der Waals surface area contributed by atoms with E-state index in [9.17, 15) is 0 Å². The summed E-state index contributed by atoms with van der Waals surface area (Å²) in [6.45, 7) is 0.397. The van der Waals surface area contributed by atoms with Gasteiger partial charge in [-0.25, -0.2) is 0 Å². The van der Waals surface area contributed by atoms with E-state index in [0.29, 0.717) is 5.69 Å². The lowest BCUT2D eigenvalue weighted by molar-refractivity contribution is 0.909. The Balaban J connectivity index is 2.89. The maximum absolute atomic E-state index is 8.15. The molecule has 1 rings (SSSR count). The quantitative estimate of drug-likeness (QED) is 0.404. The van der Waals surface area contributed by atoms with Gasteiger partial charge in [0, 0.05) is 21.7 Å². The van der Waals surface area contributed by atoms with Gasteiger partial charge in [-0.15, -0.1) is 0 Å². The fraction of sp³-hybridized carbons (Fsp3) is 0.286. The Morgan fingerprint density at radius 2 is 1.93 bits per heavy atom. The highest BCUT2D eigenvalue weighted by Gasteiger charge is 1.99. The molecule has 0 saturated carbocycles. The van der Waals surface area contributed by atoms with Crippen molar-refractivity contribution in [1.29, 1.82) is 0 Å². The van der Waals surface area contributed by atoms with E-state index >= 15 is 0 Å². The molecule has 1 heterocycles. The van der Waals surface area contributed by atoms with Gasteiger partial charge >= 0.3 is 0 Å². The number of hydrogen-bond donors (Lipinski definition) is 0. The smallest absolute Gasteiger partial charge is 0.0687 e. The summed E-state index contributed by atoms with van der Waals surface area (Å²) in [6.07, 6.45) is 1.60. The molecule has 0 aliphatic rings. The zero-order valence-electron chi connectivity index (χ0n) is 7.28. The number of rotatable bonds is 4. The summed E-state index contributed by atoms with van der Waals surface area (Å²) < 4.78 is 0. The molecule has 0 unspecified atom stereocenters. The standard InChI is InChI=1S/C7H7N7/c8-13-11-4-6-2-1-3-10-7(6)5-12-14-9/h1-3H,4-5H2. The Morgan fingerprint density at radius 1 is 1.21 bits per heavy atom. The fourth-order valence-electron chi connectivity index (χ4n) is 0.964. The molecule has 0 amide bonds. The molecule has 0 radical (unpaired) electrons. The molecular weight excluding hydrogens is 182 g/mol. The molecule has 0 saturated heterocycles. The molecule has 70 valence electrons. The number of aromatic nitrogens is 1. The van der Waals surface area contributed by atoms with Crippen LogP contribution >= 0.6 is 0 Å². The van der Waals surface area contributed by atoms with Gasteiger partial charge < -0.3 is 0 Å². The summed E-state index contributed by atoms with van der Waals surface area (Å²) in [5, 5.41) is 6.81. The number of azide groups is 2. The highest BCUT2D eigenvalue weighted by atomic mass is 15.1. The molecule has 0 atom stereocenters. The molecule has 1 aromatic heterocycles. The van der Waals surface area contributed by atoms with Crippen molar-refractivity contribution in [2.24, 2.45) is 10.2 Å². The van der Waals surface area contributed by atoms with Crippen molar-refractivity contribution >= 4 is 0 Å². The van der Waals surface area contributed by atoms with Gasteiger partial charge in [-0.3, -0.25) is 4.98 Å². The molecule has 0 fully saturated rings. The van der Waals surface area contributed by atoms with Crippen LogP contribution in [0.25, 0.3) is 20.9 Å². The summed E-state index contributed by atoms with van der Waals surface area (Å²) in [4.78, 5) is 9.30. The van der Waals surface area contributed by atoms with Crippen LogP contribution in [0.4, 0.5) is 0 Å². The molecule has 0 aromatic carbocycles. The summed E-state index contributed by atoms with van der Waals surface area (Å²) in [7, 11) is 0. The Labute approximate surface area is 79.6 Å². The lowest BCUT2D eigenvalue weighted by Crippen LogP contribution is -1.94. The molecule has 1 aromatic rings. The van der Waals surface area contributed by atoms with Gasteiger partial charge in [-0.1, -0.05) is 16.3 Å². The number of hydrogen-bond acceptors (Lipinski definition) is 3. The predicted octanol–water partition coefficient (Wildman–Crippen LogP) is 2.70. The first-order valence-electron chi connectivity index (χ1n) is 3.83. The lowest BCUT2D eigenvalue weighted by atomic mass is 10.2. The van der Waals surface area contributed by atoms with Crippen LogP contribution in [0.1, 0.15) is 11.3 Å². The molecule has 0 aliphatic heterocycles. The molecule has 0 spiro atoms. The third kappa shape index (κ3) is 2.67. The first-order chi connectivity index (χ1) is 6.88. The second-order valence-electron chi connectivity index (χ2n) is 2.39. The van der Waals surface area contributed by atoms with Crippen molar-refractivity contribution in [3.05, 3.63) is 50.5 Å². The van der Waals surface area contributed by atoms with Gasteiger partial charge in [-0.05, 0) is 22.7 Å². The van der Waals surface area contributed by atoms with E-state index in [1.807, 2.05) is 0 Å². The van der Waals surface area contributed by atoms with E-state index in [1.54, 1.807) is 18.3 Å². The lowest BCUT2D eigenvalue weighted by Gasteiger charge is -2.01. The van der Waals surface area contributed by atoms with E-state index in [4.69, 9.17) is 11.1 Å². The Morgan fingerprint density at radius 3 is 2.64 bits per heavy atom. The third-order valence-electron chi connectivity index (χ3n) is 1.57. The van der Waals surface area contributed by atoms with Gasteiger partial charge in [0.2, 0.25) is 0 Å². The minimum absolute atomic E-state index is 0.174. The second-order valence-corrected chi connectivity index (χ2v) is 2.39. The summed E-state index contributed by atoms with van der Waals surface area (Å²) in [5.41, 5.74) is 17.7. The van der Waals surface area contributed by atoms with Crippen molar-refractivity contribution in [1.82, 2.24) is 4.98 Å². The normalized spacial score (nSPS) is 8.57.